The summed E-state index contributed by atoms with van der Waals surface area (Å²) in [6.45, 7) is -4.32. The van der Waals surface area contributed by atoms with E-state index in [1.165, 1.54) is 24.3 Å². The van der Waals surface area contributed by atoms with Crippen molar-refractivity contribution in [1.82, 2.24) is 0 Å². The van der Waals surface area contributed by atoms with Gasteiger partial charge in [0.1, 0.15) is 0 Å². The maximum atomic E-state index is 10.4. The second kappa shape index (κ2) is 4.76. The zero-order valence-electron chi connectivity index (χ0n) is 7.44. The van der Waals surface area contributed by atoms with E-state index in [0.29, 0.717) is 16.9 Å². The molecule has 0 aromatic heterocycles. The average molecular weight is 249 g/mol. The van der Waals surface area contributed by atoms with E-state index in [4.69, 9.17) is 10.1 Å². The van der Waals surface area contributed by atoms with Crippen LogP contribution in [0.4, 0.5) is 5.69 Å². The van der Waals surface area contributed by atoms with Gasteiger partial charge in [-0.15, -0.1) is 0 Å². The molecular formula is C7H8NO5PS. The molecule has 0 radical (unpaired) electrons. The Bertz CT molecular complexity index is 400. The van der Waals surface area contributed by atoms with Crippen molar-refractivity contribution in [3.05, 3.63) is 34.7 Å². The van der Waals surface area contributed by atoms with Gasteiger partial charge in [0.15, 0.2) is 6.80 Å². The van der Waals surface area contributed by atoms with Crippen molar-refractivity contribution in [2.24, 2.45) is 0 Å². The Labute approximate surface area is 89.4 Å². The Morgan fingerprint density at radius 3 is 2.33 bits per heavy atom. The smallest absolute Gasteiger partial charge is 0.316 e. The van der Waals surface area contributed by atoms with Crippen LogP contribution >= 0.6 is 18.2 Å². The lowest BCUT2D eigenvalue weighted by Crippen LogP contribution is -1.95. The third-order valence-corrected chi connectivity index (χ3v) is 3.71. The first-order valence-corrected chi connectivity index (χ1v) is 6.99. The molecule has 0 amide bonds. The van der Waals surface area contributed by atoms with Crippen molar-refractivity contribution in [3.8, 4) is 0 Å². The molecule has 0 heterocycles. The fourth-order valence-corrected chi connectivity index (χ4v) is 2.32. The summed E-state index contributed by atoms with van der Waals surface area (Å²) in [4.78, 5) is 29.0. The fourth-order valence-electron chi connectivity index (χ4n) is 0.876. The van der Waals surface area contributed by atoms with Crippen molar-refractivity contribution >= 4 is 23.9 Å². The van der Waals surface area contributed by atoms with Crippen LogP contribution in [-0.2, 0) is 10.3 Å². The molecule has 0 aliphatic heterocycles. The fraction of sp³-hybridized carbons (Fsp3) is 0.143. The summed E-state index contributed by atoms with van der Waals surface area (Å²) >= 11 is 0.402. The van der Waals surface area contributed by atoms with E-state index in [2.05, 4.69) is 0 Å². The van der Waals surface area contributed by atoms with Crippen molar-refractivity contribution in [2.45, 2.75) is 5.75 Å². The SMILES string of the molecule is O=[N+](O)c1ccc(CSP(=O)([O-])O)cc1. The minimum absolute atomic E-state index is 0.0538. The number of hydrogen-bond acceptors (Lipinski definition) is 4. The molecule has 82 valence electrons. The lowest BCUT2D eigenvalue weighted by atomic mass is 10.2. The maximum Gasteiger partial charge on any atom is 0.316 e. The first-order chi connectivity index (χ1) is 6.88. The summed E-state index contributed by atoms with van der Waals surface area (Å²) in [6.07, 6.45) is 0. The first-order valence-electron chi connectivity index (χ1n) is 3.82. The van der Waals surface area contributed by atoms with Gasteiger partial charge >= 0.3 is 5.69 Å². The first kappa shape index (κ1) is 12.2. The van der Waals surface area contributed by atoms with Gasteiger partial charge in [0, 0.05) is 17.9 Å². The van der Waals surface area contributed by atoms with Crippen LogP contribution in [-0.4, -0.2) is 15.0 Å². The molecule has 6 nitrogen and oxygen atoms in total. The third-order valence-electron chi connectivity index (χ3n) is 1.55. The van der Waals surface area contributed by atoms with Crippen molar-refractivity contribution in [2.75, 3.05) is 0 Å². The van der Waals surface area contributed by atoms with E-state index in [1.807, 2.05) is 0 Å². The Balaban J connectivity index is 2.65. The maximum absolute atomic E-state index is 10.4. The van der Waals surface area contributed by atoms with Gasteiger partial charge in [0.25, 0.3) is 4.92 Å². The molecule has 15 heavy (non-hydrogen) atoms. The summed E-state index contributed by atoms with van der Waals surface area (Å²) in [5.74, 6) is 0.0852. The molecule has 2 N–H and O–H groups in total. The highest BCUT2D eigenvalue weighted by Gasteiger charge is 2.10. The van der Waals surface area contributed by atoms with Crippen LogP contribution in [0.2, 0.25) is 0 Å². The Hall–Kier alpha value is -0.880. The molecule has 0 bridgehead atoms. The van der Waals surface area contributed by atoms with Crippen LogP contribution in [0.15, 0.2) is 24.3 Å². The summed E-state index contributed by atoms with van der Waals surface area (Å²) in [7, 11) is 0. The minimum atomic E-state index is -4.32. The molecule has 0 aliphatic rings. The summed E-state index contributed by atoms with van der Waals surface area (Å²) in [6, 6.07) is 5.66. The Kier molecular flexibility index (Phi) is 3.87. The van der Waals surface area contributed by atoms with Gasteiger partial charge in [-0.3, -0.25) is 4.57 Å². The lowest BCUT2D eigenvalue weighted by Gasteiger charge is -2.13. The highest BCUT2D eigenvalue weighted by Crippen LogP contribution is 2.47. The molecular weight excluding hydrogens is 241 g/mol. The van der Waals surface area contributed by atoms with E-state index < -0.39 is 6.80 Å². The van der Waals surface area contributed by atoms with Crippen LogP contribution in [0.25, 0.3) is 0 Å². The van der Waals surface area contributed by atoms with Gasteiger partial charge < -0.3 is 9.79 Å². The zero-order valence-corrected chi connectivity index (χ0v) is 9.15. The third kappa shape index (κ3) is 4.44. The standard InChI is InChI=1S/C7H8NO5PS/c9-8(10)7-3-1-6(2-4-7)5-15-14(11,12)13/h1-4H,5H2,(H2-,9,10,11,12,13). The molecule has 0 fully saturated rings. The molecule has 1 aromatic carbocycles. The molecule has 1 atom stereocenters. The van der Waals surface area contributed by atoms with Gasteiger partial charge in [0.05, 0.1) is 4.91 Å². The van der Waals surface area contributed by atoms with Crippen LogP contribution in [0.3, 0.4) is 0 Å². The average Bonchev–Trinajstić information content (AvgIpc) is 2.14. The molecule has 1 unspecified atom stereocenters. The number of benzene rings is 1. The second-order valence-electron chi connectivity index (χ2n) is 2.68. The summed E-state index contributed by atoms with van der Waals surface area (Å²) in [5.41, 5.74) is 0.675. The molecule has 0 aliphatic carbocycles. The highest BCUT2D eigenvalue weighted by molar-refractivity contribution is 8.53. The van der Waals surface area contributed by atoms with E-state index in [9.17, 15) is 14.4 Å². The molecule has 1 rings (SSSR count). The van der Waals surface area contributed by atoms with E-state index in [0.717, 1.165) is 0 Å². The van der Waals surface area contributed by atoms with Gasteiger partial charge in [-0.05, 0) is 5.56 Å². The molecule has 8 heteroatoms. The lowest BCUT2D eigenvalue weighted by molar-refractivity contribution is -0.729. The Morgan fingerprint density at radius 1 is 1.40 bits per heavy atom. The topological polar surface area (TPSA) is 101 Å². The molecule has 0 spiro atoms. The van der Waals surface area contributed by atoms with Crippen molar-refractivity contribution in [1.29, 1.82) is 0 Å². The highest BCUT2D eigenvalue weighted by atomic mass is 32.7. The molecule has 0 saturated heterocycles. The van der Waals surface area contributed by atoms with Gasteiger partial charge in [-0.1, -0.05) is 23.5 Å². The van der Waals surface area contributed by atoms with Crippen LogP contribution < -0.4 is 4.89 Å². The quantitative estimate of drug-likeness (QED) is 0.613. The monoisotopic (exact) mass is 249 g/mol. The van der Waals surface area contributed by atoms with E-state index in [-0.39, 0.29) is 16.4 Å². The minimum Gasteiger partial charge on any atom is -0.770 e. The number of rotatable bonds is 4. The van der Waals surface area contributed by atoms with E-state index in [1.54, 1.807) is 0 Å². The molecule has 1 aromatic rings. The van der Waals surface area contributed by atoms with Crippen LogP contribution in [0.1, 0.15) is 5.56 Å². The second-order valence-corrected chi connectivity index (χ2v) is 6.32. The van der Waals surface area contributed by atoms with Crippen molar-refractivity contribution < 1.29 is 24.5 Å². The van der Waals surface area contributed by atoms with Gasteiger partial charge in [0.2, 0.25) is 0 Å². The summed E-state index contributed by atoms with van der Waals surface area (Å²) in [5, 5.41) is 8.51. The normalized spacial score (nSPS) is 14.5. The predicted octanol–water partition coefficient (Wildman–Crippen LogP) is 1.18. The van der Waals surface area contributed by atoms with Crippen LogP contribution in [0.5, 0.6) is 0 Å². The van der Waals surface area contributed by atoms with E-state index >= 15 is 0 Å². The zero-order chi connectivity index (χ0) is 11.5. The van der Waals surface area contributed by atoms with Crippen LogP contribution in [0, 0.1) is 4.91 Å². The molecule has 0 saturated carbocycles. The van der Waals surface area contributed by atoms with Crippen molar-refractivity contribution in [3.63, 3.8) is 0 Å². The Morgan fingerprint density at radius 2 is 1.93 bits per heavy atom. The number of hydrogen-bond donors (Lipinski definition) is 2. The summed E-state index contributed by atoms with van der Waals surface area (Å²) < 4.78 is 10.4. The predicted molar refractivity (Wildman–Crippen MR) is 52.6 cm³/mol. The number of nitrogens with zero attached hydrogens (tertiary/aromatic N) is 1. The van der Waals surface area contributed by atoms with Gasteiger partial charge in [-0.25, -0.2) is 5.21 Å². The van der Waals surface area contributed by atoms with Gasteiger partial charge in [-0.2, -0.15) is 0 Å². The largest absolute Gasteiger partial charge is 0.770 e.